The predicted octanol–water partition coefficient (Wildman–Crippen LogP) is 0.489. The van der Waals surface area contributed by atoms with Crippen LogP contribution in [0.3, 0.4) is 0 Å². The Bertz CT molecular complexity index is 842. The van der Waals surface area contributed by atoms with Crippen LogP contribution in [0.25, 0.3) is 10.8 Å². The van der Waals surface area contributed by atoms with Gasteiger partial charge in [-0.2, -0.15) is 5.10 Å². The lowest BCUT2D eigenvalue weighted by Gasteiger charge is -2.25. The molecule has 1 aromatic heterocycles. The fourth-order valence-corrected chi connectivity index (χ4v) is 3.15. The van der Waals surface area contributed by atoms with Crippen molar-refractivity contribution in [2.75, 3.05) is 19.6 Å². The summed E-state index contributed by atoms with van der Waals surface area (Å²) < 4.78 is 0. The summed E-state index contributed by atoms with van der Waals surface area (Å²) in [5, 5.41) is 7.45. The number of rotatable bonds is 5. The zero-order valence-corrected chi connectivity index (χ0v) is 14.6. The largest absolute Gasteiger partial charge is 0.303 e. The smallest absolute Gasteiger partial charge is 0.272 e. The van der Waals surface area contributed by atoms with Gasteiger partial charge in [-0.05, 0) is 32.0 Å². The Morgan fingerprint density at radius 1 is 1.04 bits per heavy atom. The van der Waals surface area contributed by atoms with E-state index in [-0.39, 0.29) is 23.8 Å². The van der Waals surface area contributed by atoms with Crippen LogP contribution in [0.15, 0.2) is 29.1 Å². The number of likely N-dealkylation sites (tertiary alicyclic amines) is 1. The van der Waals surface area contributed by atoms with Gasteiger partial charge in [0, 0.05) is 18.4 Å². The number of hydrogen-bond donors (Lipinski definition) is 3. The van der Waals surface area contributed by atoms with E-state index in [0.29, 0.717) is 29.4 Å². The van der Waals surface area contributed by atoms with Crippen molar-refractivity contribution in [2.45, 2.75) is 32.1 Å². The van der Waals surface area contributed by atoms with Gasteiger partial charge in [0.1, 0.15) is 0 Å². The zero-order chi connectivity index (χ0) is 18.4. The Morgan fingerprint density at radius 3 is 2.50 bits per heavy atom. The van der Waals surface area contributed by atoms with E-state index in [9.17, 15) is 14.4 Å². The molecule has 1 saturated heterocycles. The quantitative estimate of drug-likeness (QED) is 0.675. The van der Waals surface area contributed by atoms with Crippen LogP contribution in [0.4, 0.5) is 0 Å². The first kappa shape index (κ1) is 18.1. The molecule has 138 valence electrons. The molecule has 1 aromatic carbocycles. The molecule has 2 amide bonds. The minimum atomic E-state index is -0.388. The maximum Gasteiger partial charge on any atom is 0.272 e. The average molecular weight is 357 g/mol. The molecule has 0 unspecified atom stereocenters. The third-order valence-corrected chi connectivity index (χ3v) is 4.55. The number of H-pyrrole nitrogens is 1. The number of nitrogens with one attached hydrogen (secondary N) is 3. The number of nitrogens with zero attached hydrogens (tertiary/aromatic N) is 2. The zero-order valence-electron chi connectivity index (χ0n) is 14.6. The van der Waals surface area contributed by atoms with Crippen molar-refractivity contribution in [3.8, 4) is 0 Å². The molecule has 26 heavy (non-hydrogen) atoms. The maximum absolute atomic E-state index is 12.1. The third-order valence-electron chi connectivity index (χ3n) is 4.55. The number of hydrazine groups is 1. The highest BCUT2D eigenvalue weighted by molar-refractivity contribution is 5.89. The van der Waals surface area contributed by atoms with Crippen molar-refractivity contribution in [1.82, 2.24) is 25.9 Å². The number of aromatic amines is 1. The van der Waals surface area contributed by atoms with E-state index in [1.54, 1.807) is 24.3 Å². The number of carbonyl (C=O) groups is 2. The first-order valence-electron chi connectivity index (χ1n) is 8.90. The van der Waals surface area contributed by atoms with Crippen molar-refractivity contribution in [2.24, 2.45) is 0 Å². The van der Waals surface area contributed by atoms with Gasteiger partial charge in [-0.15, -0.1) is 0 Å². The summed E-state index contributed by atoms with van der Waals surface area (Å²) in [5.74, 6) is -0.607. The van der Waals surface area contributed by atoms with Crippen molar-refractivity contribution in [3.63, 3.8) is 0 Å². The lowest BCUT2D eigenvalue weighted by Crippen LogP contribution is -2.44. The molecule has 1 aliphatic rings. The van der Waals surface area contributed by atoms with Crippen LogP contribution in [-0.2, 0) is 16.0 Å². The number of aromatic nitrogens is 2. The molecule has 0 bridgehead atoms. The van der Waals surface area contributed by atoms with Gasteiger partial charge in [-0.1, -0.05) is 24.6 Å². The standard InChI is InChI=1S/C18H23N5O3/c24-16(8-11-23-9-4-1-5-10-23)20-21-17(25)12-15-13-6-2-3-7-14(13)18(26)22-19-15/h2-3,6-7H,1,4-5,8-12H2,(H,20,24)(H,21,25)(H,22,26). The molecule has 8 heteroatoms. The van der Waals surface area contributed by atoms with E-state index >= 15 is 0 Å². The van der Waals surface area contributed by atoms with E-state index in [1.807, 2.05) is 0 Å². The van der Waals surface area contributed by atoms with Crippen LogP contribution in [0, 0.1) is 0 Å². The Balaban J connectivity index is 1.49. The fourth-order valence-electron chi connectivity index (χ4n) is 3.15. The van der Waals surface area contributed by atoms with Gasteiger partial charge >= 0.3 is 0 Å². The fraction of sp³-hybridized carbons (Fsp3) is 0.444. The van der Waals surface area contributed by atoms with Gasteiger partial charge in [0.15, 0.2) is 0 Å². The second kappa shape index (κ2) is 8.57. The summed E-state index contributed by atoms with van der Waals surface area (Å²) in [7, 11) is 0. The molecule has 8 nitrogen and oxygen atoms in total. The summed E-state index contributed by atoms with van der Waals surface area (Å²) in [6.07, 6.45) is 3.92. The Morgan fingerprint density at radius 2 is 1.73 bits per heavy atom. The van der Waals surface area contributed by atoms with Gasteiger partial charge in [0.2, 0.25) is 11.8 Å². The number of hydrogen-bond acceptors (Lipinski definition) is 5. The average Bonchev–Trinajstić information content (AvgIpc) is 2.68. The summed E-state index contributed by atoms with van der Waals surface area (Å²) in [4.78, 5) is 38.0. The SMILES string of the molecule is O=C(CCN1CCCCC1)NNC(=O)Cc1n[nH]c(=O)c2ccccc12. The highest BCUT2D eigenvalue weighted by atomic mass is 16.2. The molecular weight excluding hydrogens is 334 g/mol. The third kappa shape index (κ3) is 4.66. The number of benzene rings is 1. The van der Waals surface area contributed by atoms with Crippen molar-refractivity contribution < 1.29 is 9.59 Å². The minimum Gasteiger partial charge on any atom is -0.303 e. The van der Waals surface area contributed by atoms with Crippen LogP contribution < -0.4 is 16.4 Å². The Hall–Kier alpha value is -2.74. The molecule has 2 heterocycles. The summed E-state index contributed by atoms with van der Waals surface area (Å²) in [5.41, 5.74) is 5.01. The van der Waals surface area contributed by atoms with Crippen LogP contribution in [0.2, 0.25) is 0 Å². The molecule has 0 aliphatic carbocycles. The van der Waals surface area contributed by atoms with Gasteiger partial charge in [-0.3, -0.25) is 25.2 Å². The molecule has 0 spiro atoms. The number of amides is 2. The van der Waals surface area contributed by atoms with Crippen LogP contribution in [0.1, 0.15) is 31.4 Å². The van der Waals surface area contributed by atoms with E-state index in [4.69, 9.17) is 0 Å². The Kier molecular flexibility index (Phi) is 5.96. The second-order valence-corrected chi connectivity index (χ2v) is 6.47. The van der Waals surface area contributed by atoms with Crippen molar-refractivity contribution >= 4 is 22.6 Å². The summed E-state index contributed by atoms with van der Waals surface area (Å²) >= 11 is 0. The van der Waals surface area contributed by atoms with E-state index in [0.717, 1.165) is 13.1 Å². The topological polar surface area (TPSA) is 107 Å². The van der Waals surface area contributed by atoms with Gasteiger partial charge in [0.25, 0.3) is 5.56 Å². The van der Waals surface area contributed by atoms with E-state index in [1.165, 1.54) is 19.3 Å². The van der Waals surface area contributed by atoms with Crippen molar-refractivity contribution in [1.29, 1.82) is 0 Å². The van der Waals surface area contributed by atoms with Gasteiger partial charge in [0.05, 0.1) is 17.5 Å². The molecular formula is C18H23N5O3. The highest BCUT2D eigenvalue weighted by Crippen LogP contribution is 2.12. The first-order chi connectivity index (χ1) is 12.6. The normalized spacial score (nSPS) is 14.9. The lowest BCUT2D eigenvalue weighted by molar-refractivity contribution is -0.128. The van der Waals surface area contributed by atoms with Gasteiger partial charge < -0.3 is 4.90 Å². The maximum atomic E-state index is 12.1. The van der Waals surface area contributed by atoms with Gasteiger partial charge in [-0.25, -0.2) is 5.10 Å². The molecule has 0 atom stereocenters. The molecule has 1 aliphatic heterocycles. The second-order valence-electron chi connectivity index (χ2n) is 6.47. The summed E-state index contributed by atoms with van der Waals surface area (Å²) in [6, 6.07) is 6.97. The predicted molar refractivity (Wildman–Crippen MR) is 97.3 cm³/mol. The molecule has 2 aromatic rings. The van der Waals surface area contributed by atoms with Crippen molar-refractivity contribution in [3.05, 3.63) is 40.3 Å². The molecule has 0 saturated carbocycles. The number of fused-ring (bicyclic) bond motifs is 1. The van der Waals surface area contributed by atoms with Crippen LogP contribution in [-0.4, -0.2) is 46.5 Å². The van der Waals surface area contributed by atoms with E-state index < -0.39 is 0 Å². The molecule has 3 rings (SSSR count). The Labute approximate surface area is 150 Å². The number of piperidine rings is 1. The summed E-state index contributed by atoms with van der Waals surface area (Å²) in [6.45, 7) is 2.77. The molecule has 0 radical (unpaired) electrons. The first-order valence-corrected chi connectivity index (χ1v) is 8.90. The lowest BCUT2D eigenvalue weighted by atomic mass is 10.1. The highest BCUT2D eigenvalue weighted by Gasteiger charge is 2.13. The van der Waals surface area contributed by atoms with Crippen LogP contribution >= 0.6 is 0 Å². The monoisotopic (exact) mass is 357 g/mol. The number of carbonyl (C=O) groups excluding carboxylic acids is 2. The molecule has 3 N–H and O–H groups in total. The molecule has 1 fully saturated rings. The van der Waals surface area contributed by atoms with E-state index in [2.05, 4.69) is 25.9 Å². The van der Waals surface area contributed by atoms with Crippen LogP contribution in [0.5, 0.6) is 0 Å². The minimum absolute atomic E-state index is 0.0380.